The summed E-state index contributed by atoms with van der Waals surface area (Å²) in [7, 11) is 0. The molecule has 2 aromatic rings. The van der Waals surface area contributed by atoms with Gasteiger partial charge in [0.25, 0.3) is 5.22 Å². The second-order valence-electron chi connectivity index (χ2n) is 5.01. The molecule has 108 valence electrons. The average molecular weight is 355 g/mol. The molecule has 0 radical (unpaired) electrons. The van der Waals surface area contributed by atoms with Crippen LogP contribution in [0.25, 0.3) is 0 Å². The van der Waals surface area contributed by atoms with Gasteiger partial charge in [-0.1, -0.05) is 29.8 Å². The zero-order valence-electron chi connectivity index (χ0n) is 12.2. The lowest BCUT2D eigenvalue weighted by Crippen LogP contribution is -2.22. The predicted molar refractivity (Wildman–Crippen MR) is 86.2 cm³/mol. The molecule has 0 amide bonds. The first-order valence-electron chi connectivity index (χ1n) is 6.59. The lowest BCUT2D eigenvalue weighted by molar-refractivity contribution is 0.431. The van der Waals surface area contributed by atoms with Crippen molar-refractivity contribution in [3.05, 3.63) is 39.7 Å². The smallest absolute Gasteiger partial charge is 0.261 e. The molecule has 0 saturated heterocycles. The SMILES string of the molecule is Cc1nc(Sc2ccc(Br)cc2CNC(C)C)oc1C. The molecule has 0 spiro atoms. The molecule has 2 rings (SSSR count). The Morgan fingerprint density at radius 3 is 2.70 bits per heavy atom. The lowest BCUT2D eigenvalue weighted by atomic mass is 10.2. The average Bonchev–Trinajstić information content (AvgIpc) is 2.68. The van der Waals surface area contributed by atoms with Gasteiger partial charge in [0.2, 0.25) is 0 Å². The van der Waals surface area contributed by atoms with E-state index in [1.165, 1.54) is 10.5 Å². The van der Waals surface area contributed by atoms with Crippen molar-refractivity contribution in [3.63, 3.8) is 0 Å². The second kappa shape index (κ2) is 6.78. The van der Waals surface area contributed by atoms with Gasteiger partial charge in [-0.3, -0.25) is 0 Å². The molecular weight excluding hydrogens is 336 g/mol. The molecule has 5 heteroatoms. The number of oxazole rings is 1. The molecular formula is C15H19BrN2OS. The van der Waals surface area contributed by atoms with Crippen molar-refractivity contribution >= 4 is 27.7 Å². The largest absolute Gasteiger partial charge is 0.436 e. The van der Waals surface area contributed by atoms with Crippen molar-refractivity contribution in [2.24, 2.45) is 0 Å². The Morgan fingerprint density at radius 1 is 1.35 bits per heavy atom. The van der Waals surface area contributed by atoms with Crippen LogP contribution in [0.15, 0.2) is 37.2 Å². The molecule has 20 heavy (non-hydrogen) atoms. The van der Waals surface area contributed by atoms with E-state index in [1.807, 2.05) is 19.9 Å². The van der Waals surface area contributed by atoms with Gasteiger partial charge in [-0.2, -0.15) is 0 Å². The maximum atomic E-state index is 5.65. The topological polar surface area (TPSA) is 38.1 Å². The molecule has 1 aromatic carbocycles. The van der Waals surface area contributed by atoms with E-state index in [2.05, 4.69) is 52.2 Å². The summed E-state index contributed by atoms with van der Waals surface area (Å²) in [5, 5.41) is 4.15. The van der Waals surface area contributed by atoms with Gasteiger partial charge in [-0.25, -0.2) is 4.98 Å². The van der Waals surface area contributed by atoms with Gasteiger partial charge in [-0.05, 0) is 49.4 Å². The second-order valence-corrected chi connectivity index (χ2v) is 6.92. The van der Waals surface area contributed by atoms with Crippen molar-refractivity contribution in [1.29, 1.82) is 0 Å². The van der Waals surface area contributed by atoms with Gasteiger partial charge in [0.1, 0.15) is 5.76 Å². The number of rotatable bonds is 5. The third-order valence-corrected chi connectivity index (χ3v) is 4.39. The quantitative estimate of drug-likeness (QED) is 0.844. The van der Waals surface area contributed by atoms with Gasteiger partial charge in [-0.15, -0.1) is 0 Å². The summed E-state index contributed by atoms with van der Waals surface area (Å²) in [4.78, 5) is 5.60. The number of halogens is 1. The zero-order chi connectivity index (χ0) is 14.7. The van der Waals surface area contributed by atoms with Crippen molar-refractivity contribution < 1.29 is 4.42 Å². The van der Waals surface area contributed by atoms with Gasteiger partial charge in [0.15, 0.2) is 0 Å². The van der Waals surface area contributed by atoms with E-state index < -0.39 is 0 Å². The summed E-state index contributed by atoms with van der Waals surface area (Å²) in [5.74, 6) is 0.881. The predicted octanol–water partition coefficient (Wildman–Crippen LogP) is 4.70. The van der Waals surface area contributed by atoms with E-state index in [9.17, 15) is 0 Å². The highest BCUT2D eigenvalue weighted by molar-refractivity contribution is 9.10. The number of hydrogen-bond donors (Lipinski definition) is 1. The molecule has 1 N–H and O–H groups in total. The van der Waals surface area contributed by atoms with Crippen molar-refractivity contribution in [2.45, 2.75) is 50.4 Å². The van der Waals surface area contributed by atoms with Crippen LogP contribution in [0.2, 0.25) is 0 Å². The van der Waals surface area contributed by atoms with Gasteiger partial charge >= 0.3 is 0 Å². The monoisotopic (exact) mass is 354 g/mol. The molecule has 0 unspecified atom stereocenters. The fraction of sp³-hybridized carbons (Fsp3) is 0.400. The summed E-state index contributed by atoms with van der Waals surface area (Å²) in [5.41, 5.74) is 2.19. The summed E-state index contributed by atoms with van der Waals surface area (Å²) >= 11 is 5.10. The first-order chi connectivity index (χ1) is 9.45. The number of nitrogens with zero attached hydrogens (tertiary/aromatic N) is 1. The Balaban J connectivity index is 2.21. The van der Waals surface area contributed by atoms with Crippen LogP contribution in [0.4, 0.5) is 0 Å². The molecule has 1 aromatic heterocycles. The Morgan fingerprint density at radius 2 is 2.10 bits per heavy atom. The molecule has 3 nitrogen and oxygen atoms in total. The normalized spacial score (nSPS) is 11.3. The molecule has 0 fully saturated rings. The number of aromatic nitrogens is 1. The summed E-state index contributed by atoms with van der Waals surface area (Å²) in [6.07, 6.45) is 0. The third-order valence-electron chi connectivity index (χ3n) is 2.93. The summed E-state index contributed by atoms with van der Waals surface area (Å²) in [6.45, 7) is 9.02. The minimum Gasteiger partial charge on any atom is -0.436 e. The molecule has 0 aliphatic rings. The van der Waals surface area contributed by atoms with E-state index in [-0.39, 0.29) is 0 Å². The highest BCUT2D eigenvalue weighted by Crippen LogP contribution is 2.32. The fourth-order valence-corrected chi connectivity index (χ4v) is 3.02. The Hall–Kier alpha value is -0.780. The first kappa shape index (κ1) is 15.6. The lowest BCUT2D eigenvalue weighted by Gasteiger charge is -2.12. The van der Waals surface area contributed by atoms with E-state index >= 15 is 0 Å². The Kier molecular flexibility index (Phi) is 5.29. The molecule has 0 aliphatic heterocycles. The maximum Gasteiger partial charge on any atom is 0.261 e. The van der Waals surface area contributed by atoms with Crippen LogP contribution < -0.4 is 5.32 Å². The summed E-state index contributed by atoms with van der Waals surface area (Å²) in [6, 6.07) is 6.74. The van der Waals surface area contributed by atoms with Crippen LogP contribution in [-0.4, -0.2) is 11.0 Å². The summed E-state index contributed by atoms with van der Waals surface area (Å²) < 4.78 is 6.73. The number of nitrogens with one attached hydrogen (secondary N) is 1. The first-order valence-corrected chi connectivity index (χ1v) is 8.20. The number of benzene rings is 1. The van der Waals surface area contributed by atoms with Crippen molar-refractivity contribution in [2.75, 3.05) is 0 Å². The van der Waals surface area contributed by atoms with Crippen LogP contribution in [-0.2, 0) is 6.54 Å². The van der Waals surface area contributed by atoms with Crippen LogP contribution in [0.1, 0.15) is 30.9 Å². The standard InChI is InChI=1S/C15H19BrN2OS/c1-9(2)17-8-12-7-13(16)5-6-14(12)20-15-18-10(3)11(4)19-15/h5-7,9,17H,8H2,1-4H3. The number of aryl methyl sites for hydroxylation is 2. The van der Waals surface area contributed by atoms with Gasteiger partial charge in [0, 0.05) is 22.0 Å². The van der Waals surface area contributed by atoms with Crippen molar-refractivity contribution in [3.8, 4) is 0 Å². The minimum atomic E-state index is 0.457. The maximum absolute atomic E-state index is 5.65. The van der Waals surface area contributed by atoms with E-state index in [0.717, 1.165) is 22.5 Å². The van der Waals surface area contributed by atoms with Gasteiger partial charge in [0.05, 0.1) is 5.69 Å². The minimum absolute atomic E-state index is 0.457. The van der Waals surface area contributed by atoms with E-state index in [4.69, 9.17) is 4.42 Å². The van der Waals surface area contributed by atoms with E-state index in [1.54, 1.807) is 11.8 Å². The molecule has 0 saturated carbocycles. The van der Waals surface area contributed by atoms with Crippen molar-refractivity contribution in [1.82, 2.24) is 10.3 Å². The molecule has 1 heterocycles. The molecule has 0 atom stereocenters. The third kappa shape index (κ3) is 4.11. The Bertz CT molecular complexity index is 576. The highest BCUT2D eigenvalue weighted by Gasteiger charge is 2.11. The number of hydrogen-bond acceptors (Lipinski definition) is 4. The fourth-order valence-electron chi connectivity index (χ4n) is 1.68. The highest BCUT2D eigenvalue weighted by atomic mass is 79.9. The van der Waals surface area contributed by atoms with Crippen LogP contribution in [0.5, 0.6) is 0 Å². The van der Waals surface area contributed by atoms with Crippen LogP contribution >= 0.6 is 27.7 Å². The Labute approximate surface area is 132 Å². The molecule has 0 bridgehead atoms. The van der Waals surface area contributed by atoms with E-state index in [0.29, 0.717) is 11.3 Å². The molecule has 0 aliphatic carbocycles. The van der Waals surface area contributed by atoms with Gasteiger partial charge < -0.3 is 9.73 Å². The van der Waals surface area contributed by atoms with Crippen LogP contribution in [0, 0.1) is 13.8 Å². The zero-order valence-corrected chi connectivity index (χ0v) is 14.6. The van der Waals surface area contributed by atoms with Crippen LogP contribution in [0.3, 0.4) is 0 Å².